The van der Waals surface area contributed by atoms with Crippen molar-refractivity contribution in [2.24, 2.45) is 0 Å². The standard InChI is InChI=1S/C20H16BrN3O4S/c1-2-28-18-9-6-15(21)11-14(18)5-10-19(25)23-20-22-17(12-29-20)13-3-7-16(8-4-13)24(26)27/h3-12H,2H2,1H3,(H,22,23,25). The van der Waals surface area contributed by atoms with E-state index in [-0.39, 0.29) is 11.6 Å². The van der Waals surface area contributed by atoms with Gasteiger partial charge in [0.2, 0.25) is 5.91 Å². The van der Waals surface area contributed by atoms with Crippen LogP contribution in [0.3, 0.4) is 0 Å². The highest BCUT2D eigenvalue weighted by Gasteiger charge is 2.09. The third kappa shape index (κ3) is 5.49. The van der Waals surface area contributed by atoms with Crippen molar-refractivity contribution in [2.75, 3.05) is 11.9 Å². The van der Waals surface area contributed by atoms with E-state index in [1.54, 1.807) is 23.6 Å². The summed E-state index contributed by atoms with van der Waals surface area (Å²) < 4.78 is 6.44. The molecule has 1 heterocycles. The number of carbonyl (C=O) groups is 1. The Balaban J connectivity index is 1.68. The first-order valence-corrected chi connectivity index (χ1v) is 10.3. The number of anilines is 1. The summed E-state index contributed by atoms with van der Waals surface area (Å²) in [6, 6.07) is 11.7. The van der Waals surface area contributed by atoms with Crippen molar-refractivity contribution in [3.05, 3.63) is 74.1 Å². The van der Waals surface area contributed by atoms with E-state index >= 15 is 0 Å². The molecule has 3 rings (SSSR count). The topological polar surface area (TPSA) is 94.4 Å². The van der Waals surface area contributed by atoms with Crippen molar-refractivity contribution in [1.29, 1.82) is 0 Å². The van der Waals surface area contributed by atoms with Gasteiger partial charge in [-0.2, -0.15) is 0 Å². The highest BCUT2D eigenvalue weighted by atomic mass is 79.9. The summed E-state index contributed by atoms with van der Waals surface area (Å²) in [6.07, 6.45) is 3.09. The number of nitrogens with one attached hydrogen (secondary N) is 1. The Hall–Kier alpha value is -3.04. The molecule has 29 heavy (non-hydrogen) atoms. The first-order chi connectivity index (χ1) is 14.0. The maximum absolute atomic E-state index is 12.2. The average molecular weight is 474 g/mol. The quantitative estimate of drug-likeness (QED) is 0.276. The SMILES string of the molecule is CCOc1ccc(Br)cc1C=CC(=O)Nc1nc(-c2ccc([N+](=O)[O-])cc2)cs1. The van der Waals surface area contributed by atoms with E-state index < -0.39 is 4.92 Å². The molecule has 2 aromatic carbocycles. The summed E-state index contributed by atoms with van der Waals surface area (Å²) in [6.45, 7) is 2.42. The predicted molar refractivity (Wildman–Crippen MR) is 117 cm³/mol. The van der Waals surface area contributed by atoms with E-state index in [1.807, 2.05) is 25.1 Å². The Kier molecular flexibility index (Phi) is 6.73. The summed E-state index contributed by atoms with van der Waals surface area (Å²) in [4.78, 5) is 26.9. The number of hydrogen-bond donors (Lipinski definition) is 1. The molecule has 0 unspecified atom stereocenters. The van der Waals surface area contributed by atoms with E-state index in [2.05, 4.69) is 26.2 Å². The minimum Gasteiger partial charge on any atom is -0.493 e. The van der Waals surface area contributed by atoms with Crippen LogP contribution in [0.15, 0.2) is 58.4 Å². The van der Waals surface area contributed by atoms with Gasteiger partial charge >= 0.3 is 0 Å². The van der Waals surface area contributed by atoms with Gasteiger partial charge in [-0.15, -0.1) is 11.3 Å². The van der Waals surface area contributed by atoms with Crippen molar-refractivity contribution >= 4 is 50.1 Å². The van der Waals surface area contributed by atoms with Crippen LogP contribution in [0.4, 0.5) is 10.8 Å². The molecule has 0 atom stereocenters. The summed E-state index contributed by atoms with van der Waals surface area (Å²) in [5.74, 6) is 0.367. The number of aromatic nitrogens is 1. The highest BCUT2D eigenvalue weighted by Crippen LogP contribution is 2.27. The van der Waals surface area contributed by atoms with E-state index in [0.29, 0.717) is 23.2 Å². The molecule has 1 amide bonds. The Morgan fingerprint density at radius 2 is 2.07 bits per heavy atom. The van der Waals surface area contributed by atoms with Gasteiger partial charge in [0, 0.05) is 39.2 Å². The molecule has 0 spiro atoms. The molecule has 148 valence electrons. The third-order valence-corrected chi connectivity index (χ3v) is 5.05. The molecule has 3 aromatic rings. The van der Waals surface area contributed by atoms with E-state index in [4.69, 9.17) is 4.74 Å². The fraction of sp³-hybridized carbons (Fsp3) is 0.100. The number of halogens is 1. The van der Waals surface area contributed by atoms with Crippen molar-refractivity contribution in [3.8, 4) is 17.0 Å². The number of amides is 1. The number of non-ortho nitro benzene ring substituents is 1. The van der Waals surface area contributed by atoms with Gasteiger partial charge in [-0.25, -0.2) is 4.98 Å². The lowest BCUT2D eigenvalue weighted by Crippen LogP contribution is -2.07. The number of nitrogens with zero attached hydrogens (tertiary/aromatic N) is 2. The molecule has 0 aliphatic carbocycles. The molecule has 0 saturated carbocycles. The minimum absolute atomic E-state index is 0.0154. The zero-order chi connectivity index (χ0) is 20.8. The van der Waals surface area contributed by atoms with E-state index in [0.717, 1.165) is 15.6 Å². The summed E-state index contributed by atoms with van der Waals surface area (Å²) in [5.41, 5.74) is 2.16. The number of benzene rings is 2. The maximum Gasteiger partial charge on any atom is 0.269 e. The molecule has 0 aliphatic rings. The normalized spacial score (nSPS) is 10.8. The molecule has 0 aliphatic heterocycles. The van der Waals surface area contributed by atoms with Gasteiger partial charge in [-0.05, 0) is 43.3 Å². The van der Waals surface area contributed by atoms with Crippen LogP contribution in [-0.4, -0.2) is 22.4 Å². The van der Waals surface area contributed by atoms with Gasteiger partial charge in [-0.1, -0.05) is 15.9 Å². The van der Waals surface area contributed by atoms with Gasteiger partial charge in [0.05, 0.1) is 17.2 Å². The van der Waals surface area contributed by atoms with Crippen molar-refractivity contribution in [2.45, 2.75) is 6.92 Å². The summed E-state index contributed by atoms with van der Waals surface area (Å²) in [7, 11) is 0. The Bertz CT molecular complexity index is 1060. The van der Waals surface area contributed by atoms with Gasteiger partial charge in [0.15, 0.2) is 5.13 Å². The van der Waals surface area contributed by atoms with Gasteiger partial charge in [0.25, 0.3) is 5.69 Å². The number of nitro groups is 1. The van der Waals surface area contributed by atoms with Crippen LogP contribution < -0.4 is 10.1 Å². The second-order valence-electron chi connectivity index (χ2n) is 5.78. The molecular weight excluding hydrogens is 458 g/mol. The first kappa shape index (κ1) is 20.7. The number of hydrogen-bond acceptors (Lipinski definition) is 6. The number of nitro benzene ring substituents is 1. The largest absolute Gasteiger partial charge is 0.493 e. The predicted octanol–water partition coefficient (Wildman–Crippen LogP) is 5.53. The zero-order valence-electron chi connectivity index (χ0n) is 15.3. The van der Waals surface area contributed by atoms with Gasteiger partial charge in [0.1, 0.15) is 5.75 Å². The van der Waals surface area contributed by atoms with E-state index in [1.165, 1.54) is 29.5 Å². The molecule has 0 bridgehead atoms. The number of thiazole rings is 1. The molecule has 0 radical (unpaired) electrons. The lowest BCUT2D eigenvalue weighted by Gasteiger charge is -2.07. The lowest BCUT2D eigenvalue weighted by atomic mass is 10.1. The van der Waals surface area contributed by atoms with Crippen LogP contribution in [0.1, 0.15) is 12.5 Å². The smallest absolute Gasteiger partial charge is 0.269 e. The Morgan fingerprint density at radius 1 is 1.31 bits per heavy atom. The molecule has 0 saturated heterocycles. The summed E-state index contributed by atoms with van der Waals surface area (Å²) >= 11 is 4.69. The Morgan fingerprint density at radius 3 is 2.76 bits per heavy atom. The molecular formula is C20H16BrN3O4S. The molecule has 0 fully saturated rings. The second kappa shape index (κ2) is 9.44. The van der Waals surface area contributed by atoms with Crippen LogP contribution in [0.2, 0.25) is 0 Å². The first-order valence-electron chi connectivity index (χ1n) is 8.58. The average Bonchev–Trinajstić information content (AvgIpc) is 3.16. The Labute approximate surface area is 179 Å². The van der Waals surface area contributed by atoms with Crippen LogP contribution in [-0.2, 0) is 4.79 Å². The van der Waals surface area contributed by atoms with Crippen LogP contribution in [0, 0.1) is 10.1 Å². The number of ether oxygens (including phenoxy) is 1. The van der Waals surface area contributed by atoms with Crippen molar-refractivity contribution in [3.63, 3.8) is 0 Å². The fourth-order valence-electron chi connectivity index (χ4n) is 2.47. The third-order valence-electron chi connectivity index (χ3n) is 3.79. The van der Waals surface area contributed by atoms with Crippen molar-refractivity contribution in [1.82, 2.24) is 4.98 Å². The number of carbonyl (C=O) groups excluding carboxylic acids is 1. The zero-order valence-corrected chi connectivity index (χ0v) is 17.7. The molecule has 1 aromatic heterocycles. The molecule has 7 nitrogen and oxygen atoms in total. The second-order valence-corrected chi connectivity index (χ2v) is 7.55. The van der Waals surface area contributed by atoms with Gasteiger partial charge < -0.3 is 4.74 Å². The highest BCUT2D eigenvalue weighted by molar-refractivity contribution is 9.10. The minimum atomic E-state index is -0.453. The molecule has 9 heteroatoms. The summed E-state index contributed by atoms with van der Waals surface area (Å²) in [5, 5.41) is 15.7. The maximum atomic E-state index is 12.2. The van der Waals surface area contributed by atoms with Crippen LogP contribution in [0.5, 0.6) is 5.75 Å². The van der Waals surface area contributed by atoms with E-state index in [9.17, 15) is 14.9 Å². The van der Waals surface area contributed by atoms with Crippen molar-refractivity contribution < 1.29 is 14.5 Å². The van der Waals surface area contributed by atoms with Gasteiger partial charge in [-0.3, -0.25) is 20.2 Å². The fourth-order valence-corrected chi connectivity index (χ4v) is 3.57. The van der Waals surface area contributed by atoms with Crippen LogP contribution in [0.25, 0.3) is 17.3 Å². The van der Waals surface area contributed by atoms with Crippen LogP contribution >= 0.6 is 27.3 Å². The monoisotopic (exact) mass is 473 g/mol. The molecule has 1 N–H and O–H groups in total. The number of rotatable bonds is 7. The lowest BCUT2D eigenvalue weighted by molar-refractivity contribution is -0.384.